The molecule has 2 saturated carbocycles. The maximum Gasteiger partial charge on any atom is 0.224 e. The van der Waals surface area contributed by atoms with Gasteiger partial charge in [0.15, 0.2) is 0 Å². The third kappa shape index (κ3) is 3.67. The van der Waals surface area contributed by atoms with Crippen molar-refractivity contribution in [3.8, 4) is 0 Å². The molecule has 0 radical (unpaired) electrons. The lowest BCUT2D eigenvalue weighted by molar-refractivity contribution is -0.127. The van der Waals surface area contributed by atoms with Crippen LogP contribution in [0.1, 0.15) is 25.7 Å². The summed E-state index contributed by atoms with van der Waals surface area (Å²) < 4.78 is 24.1. The van der Waals surface area contributed by atoms with Crippen LogP contribution in [0.4, 0.5) is 0 Å². The molecule has 0 aromatic carbocycles. The van der Waals surface area contributed by atoms with Crippen LogP contribution in [-0.2, 0) is 14.8 Å². The van der Waals surface area contributed by atoms with E-state index in [1.54, 1.807) is 0 Å². The zero-order chi connectivity index (χ0) is 14.0. The Bertz CT molecular complexity index is 436. The van der Waals surface area contributed by atoms with Gasteiger partial charge in [0.1, 0.15) is 0 Å². The minimum absolute atomic E-state index is 0.00731. The van der Waals surface area contributed by atoms with E-state index in [1.165, 1.54) is 0 Å². The summed E-state index contributed by atoms with van der Waals surface area (Å²) in [4.78, 5) is 12.1. The third-order valence-electron chi connectivity index (χ3n) is 4.30. The Balaban J connectivity index is 1.68. The van der Waals surface area contributed by atoms with Gasteiger partial charge in [0.2, 0.25) is 15.9 Å². The molecule has 110 valence electrons. The second kappa shape index (κ2) is 5.76. The molecule has 0 saturated heterocycles. The fourth-order valence-corrected chi connectivity index (χ4v) is 3.92. The van der Waals surface area contributed by atoms with E-state index in [2.05, 4.69) is 10.0 Å². The Hall–Kier alpha value is -0.660. The first-order chi connectivity index (χ1) is 8.88. The molecule has 7 heteroatoms. The number of hydrogen-bond donors (Lipinski definition) is 3. The molecule has 0 aromatic rings. The van der Waals surface area contributed by atoms with E-state index in [0.717, 1.165) is 25.5 Å². The molecule has 4 unspecified atom stereocenters. The molecule has 2 bridgehead atoms. The lowest BCUT2D eigenvalue weighted by Gasteiger charge is -2.27. The van der Waals surface area contributed by atoms with E-state index in [4.69, 9.17) is 5.73 Å². The van der Waals surface area contributed by atoms with Crippen LogP contribution in [0.25, 0.3) is 0 Å². The first-order valence-corrected chi connectivity index (χ1v) is 8.75. The van der Waals surface area contributed by atoms with Gasteiger partial charge in [-0.05, 0) is 37.5 Å². The molecule has 2 aliphatic rings. The Labute approximate surface area is 114 Å². The smallest absolute Gasteiger partial charge is 0.224 e. The number of fused-ring (bicyclic) bond motifs is 2. The zero-order valence-electron chi connectivity index (χ0n) is 11.3. The summed E-state index contributed by atoms with van der Waals surface area (Å²) in [6, 6.07) is 0.00731. The van der Waals surface area contributed by atoms with E-state index in [-0.39, 0.29) is 17.9 Å². The molecule has 6 nitrogen and oxygen atoms in total. The summed E-state index contributed by atoms with van der Waals surface area (Å²) in [7, 11) is -3.14. The second-order valence-electron chi connectivity index (χ2n) is 5.75. The highest BCUT2D eigenvalue weighted by Crippen LogP contribution is 2.47. The van der Waals surface area contributed by atoms with Crippen molar-refractivity contribution in [3.05, 3.63) is 0 Å². The van der Waals surface area contributed by atoms with Crippen LogP contribution in [0.5, 0.6) is 0 Å². The van der Waals surface area contributed by atoms with Gasteiger partial charge in [0, 0.05) is 19.1 Å². The van der Waals surface area contributed by atoms with Crippen molar-refractivity contribution in [2.24, 2.45) is 23.5 Å². The average Bonchev–Trinajstić information content (AvgIpc) is 2.87. The second-order valence-corrected chi connectivity index (χ2v) is 7.58. The average molecular weight is 289 g/mol. The fourth-order valence-electron chi connectivity index (χ4n) is 3.40. The molecule has 2 rings (SSSR count). The van der Waals surface area contributed by atoms with Crippen molar-refractivity contribution in [2.75, 3.05) is 19.3 Å². The largest absolute Gasteiger partial charge is 0.356 e. The van der Waals surface area contributed by atoms with Crippen molar-refractivity contribution in [1.82, 2.24) is 10.0 Å². The number of sulfonamides is 1. The van der Waals surface area contributed by atoms with E-state index < -0.39 is 10.0 Å². The normalized spacial score (nSPS) is 33.6. The number of nitrogens with two attached hydrogens (primary N) is 1. The quantitative estimate of drug-likeness (QED) is 0.569. The van der Waals surface area contributed by atoms with Gasteiger partial charge in [-0.3, -0.25) is 4.79 Å². The first kappa shape index (κ1) is 14.7. The van der Waals surface area contributed by atoms with Crippen LogP contribution in [-0.4, -0.2) is 39.7 Å². The van der Waals surface area contributed by atoms with Gasteiger partial charge in [0.05, 0.1) is 12.2 Å². The predicted octanol–water partition coefficient (Wildman–Crippen LogP) is -0.585. The number of nitrogens with one attached hydrogen (secondary N) is 2. The summed E-state index contributed by atoms with van der Waals surface area (Å²) in [5.74, 6) is 0.975. The molecule has 0 heterocycles. The number of rotatable bonds is 6. The monoisotopic (exact) mass is 289 g/mol. The highest BCUT2D eigenvalue weighted by molar-refractivity contribution is 7.88. The number of amides is 1. The molecule has 4 N–H and O–H groups in total. The van der Waals surface area contributed by atoms with Gasteiger partial charge in [0.25, 0.3) is 0 Å². The van der Waals surface area contributed by atoms with Gasteiger partial charge < -0.3 is 11.1 Å². The lowest BCUT2D eigenvalue weighted by Crippen LogP contribution is -2.45. The molecular formula is C12H23N3O3S. The third-order valence-corrected chi connectivity index (χ3v) is 5.03. The molecule has 0 aliphatic heterocycles. The Morgan fingerprint density at radius 1 is 1.26 bits per heavy atom. The molecule has 2 fully saturated rings. The van der Waals surface area contributed by atoms with Crippen molar-refractivity contribution in [3.63, 3.8) is 0 Å². The first-order valence-electron chi connectivity index (χ1n) is 6.86. The van der Waals surface area contributed by atoms with E-state index in [1.807, 2.05) is 0 Å². The molecule has 1 amide bonds. The van der Waals surface area contributed by atoms with Crippen molar-refractivity contribution < 1.29 is 13.2 Å². The number of carbonyl (C=O) groups excluding carboxylic acids is 1. The topological polar surface area (TPSA) is 101 Å². The molecule has 0 aromatic heterocycles. The van der Waals surface area contributed by atoms with Crippen LogP contribution in [0.3, 0.4) is 0 Å². The van der Waals surface area contributed by atoms with E-state index in [0.29, 0.717) is 31.3 Å². The minimum Gasteiger partial charge on any atom is -0.356 e. The Kier molecular flexibility index (Phi) is 4.47. The van der Waals surface area contributed by atoms with Crippen LogP contribution >= 0.6 is 0 Å². The molecular weight excluding hydrogens is 266 g/mol. The van der Waals surface area contributed by atoms with Crippen LogP contribution in [0.15, 0.2) is 0 Å². The highest BCUT2D eigenvalue weighted by Gasteiger charge is 2.48. The van der Waals surface area contributed by atoms with Gasteiger partial charge in [-0.2, -0.15) is 0 Å². The lowest BCUT2D eigenvalue weighted by atomic mass is 9.84. The fraction of sp³-hybridized carbons (Fsp3) is 0.917. The summed E-state index contributed by atoms with van der Waals surface area (Å²) in [5.41, 5.74) is 6.10. The van der Waals surface area contributed by atoms with Gasteiger partial charge in [-0.25, -0.2) is 13.1 Å². The molecule has 19 heavy (non-hydrogen) atoms. The van der Waals surface area contributed by atoms with Crippen molar-refractivity contribution >= 4 is 15.9 Å². The van der Waals surface area contributed by atoms with E-state index in [9.17, 15) is 13.2 Å². The van der Waals surface area contributed by atoms with Crippen LogP contribution < -0.4 is 15.8 Å². The summed E-state index contributed by atoms with van der Waals surface area (Å²) in [6.07, 6.45) is 5.09. The zero-order valence-corrected chi connectivity index (χ0v) is 12.1. The summed E-state index contributed by atoms with van der Waals surface area (Å²) in [6.45, 7) is 0.837. The molecule has 4 atom stereocenters. The number of carbonyl (C=O) groups is 1. The minimum atomic E-state index is -3.14. The van der Waals surface area contributed by atoms with Gasteiger partial charge >= 0.3 is 0 Å². The van der Waals surface area contributed by atoms with Crippen molar-refractivity contribution in [2.45, 2.75) is 31.7 Å². The van der Waals surface area contributed by atoms with Gasteiger partial charge in [-0.15, -0.1) is 0 Å². The van der Waals surface area contributed by atoms with Crippen molar-refractivity contribution in [1.29, 1.82) is 0 Å². The Morgan fingerprint density at radius 3 is 2.53 bits per heavy atom. The summed E-state index contributed by atoms with van der Waals surface area (Å²) in [5, 5.41) is 2.87. The van der Waals surface area contributed by atoms with E-state index >= 15 is 0 Å². The molecule has 0 spiro atoms. The van der Waals surface area contributed by atoms with Crippen LogP contribution in [0, 0.1) is 17.8 Å². The van der Waals surface area contributed by atoms with Crippen LogP contribution in [0.2, 0.25) is 0 Å². The van der Waals surface area contributed by atoms with Gasteiger partial charge in [-0.1, -0.05) is 0 Å². The SMILES string of the molecule is CS(=O)(=O)NCCCNC(=O)C1C2CCC(C2)C1N. The predicted molar refractivity (Wildman–Crippen MR) is 72.8 cm³/mol. The number of hydrogen-bond acceptors (Lipinski definition) is 4. The maximum absolute atomic E-state index is 12.1. The Morgan fingerprint density at radius 2 is 1.95 bits per heavy atom. The maximum atomic E-state index is 12.1. The molecule has 2 aliphatic carbocycles. The highest BCUT2D eigenvalue weighted by atomic mass is 32.2. The standard InChI is InChI=1S/C12H23N3O3S/c1-19(17,18)15-6-2-5-14-12(16)10-8-3-4-9(7-8)11(10)13/h8-11,15H,2-7,13H2,1H3,(H,14,16). The summed E-state index contributed by atoms with van der Waals surface area (Å²) >= 11 is 0.